The van der Waals surface area contributed by atoms with Crippen molar-refractivity contribution in [1.29, 1.82) is 0 Å². The van der Waals surface area contributed by atoms with Gasteiger partial charge < -0.3 is 5.73 Å². The van der Waals surface area contributed by atoms with Crippen molar-refractivity contribution < 1.29 is 9.59 Å². The molecule has 0 saturated carbocycles. The van der Waals surface area contributed by atoms with Crippen molar-refractivity contribution in [3.8, 4) is 0 Å². The molecule has 0 heterocycles. The zero-order valence-corrected chi connectivity index (χ0v) is 11.8. The molecule has 3 heteroatoms. The quantitative estimate of drug-likeness (QED) is 0.794. The molecule has 0 bridgehead atoms. The molecule has 3 nitrogen and oxygen atoms in total. The summed E-state index contributed by atoms with van der Waals surface area (Å²) in [5.41, 5.74) is 8.29. The van der Waals surface area contributed by atoms with Crippen LogP contribution in [0.3, 0.4) is 0 Å². The van der Waals surface area contributed by atoms with Crippen LogP contribution in [0.15, 0.2) is 24.3 Å². The molecule has 0 aromatic heterocycles. The molecule has 2 N–H and O–H groups in total. The maximum Gasteiger partial charge on any atom is 0.163 e. The molecular weight excluding hydrogens is 238 g/mol. The summed E-state index contributed by atoms with van der Waals surface area (Å²) in [6.45, 7) is 5.36. The van der Waals surface area contributed by atoms with E-state index in [1.807, 2.05) is 13.8 Å². The third kappa shape index (κ3) is 3.78. The highest BCUT2D eigenvalue weighted by atomic mass is 16.1. The number of carbonyl (C=O) groups excluding carboxylic acids is 2. The molecule has 0 aliphatic rings. The first-order valence-corrected chi connectivity index (χ1v) is 6.61. The second kappa shape index (κ2) is 6.88. The third-order valence-corrected chi connectivity index (χ3v) is 3.11. The van der Waals surface area contributed by atoms with Gasteiger partial charge in [-0.05, 0) is 26.3 Å². The average Bonchev–Trinajstić information content (AvgIpc) is 2.43. The van der Waals surface area contributed by atoms with Crippen LogP contribution in [0.1, 0.15) is 66.3 Å². The van der Waals surface area contributed by atoms with Crippen molar-refractivity contribution in [2.75, 3.05) is 0 Å². The lowest BCUT2D eigenvalue weighted by atomic mass is 9.95. The van der Waals surface area contributed by atoms with Gasteiger partial charge in [0.05, 0.1) is 0 Å². The lowest BCUT2D eigenvalue weighted by molar-refractivity contribution is 0.0979. The Morgan fingerprint density at radius 1 is 1.26 bits per heavy atom. The van der Waals surface area contributed by atoms with Crippen molar-refractivity contribution in [3.63, 3.8) is 0 Å². The monoisotopic (exact) mass is 259 g/mol. The number of ketones is 2. The van der Waals surface area contributed by atoms with Crippen LogP contribution in [-0.2, 0) is 0 Å². The molecule has 0 atom stereocenters. The molecule has 0 unspecified atom stereocenters. The van der Waals surface area contributed by atoms with E-state index in [0.717, 1.165) is 12.8 Å². The molecule has 0 fully saturated rings. The van der Waals surface area contributed by atoms with Crippen molar-refractivity contribution in [3.05, 3.63) is 41.0 Å². The normalized spacial score (nSPS) is 11.4. The summed E-state index contributed by atoms with van der Waals surface area (Å²) in [7, 11) is 0. The summed E-state index contributed by atoms with van der Waals surface area (Å²) in [5, 5.41) is 0. The molecule has 1 rings (SSSR count). The standard InChI is InChI=1S/C16H21NO2/c1-4-6-7-16(19)14-10-12(11(3)18)8-9-13(14)15(17)5-2/h5,8-10H,4,6-7,17H2,1-3H3/b15-5+. The SMILES string of the molecule is C/C=C(/N)c1ccc(C(C)=O)cc1C(=O)CCCC. The fourth-order valence-corrected chi connectivity index (χ4v) is 1.87. The summed E-state index contributed by atoms with van der Waals surface area (Å²) in [4.78, 5) is 23.7. The van der Waals surface area contributed by atoms with Gasteiger partial charge in [-0.1, -0.05) is 31.6 Å². The predicted molar refractivity (Wildman–Crippen MR) is 78.1 cm³/mol. The third-order valence-electron chi connectivity index (χ3n) is 3.11. The topological polar surface area (TPSA) is 60.2 Å². The molecule has 0 spiro atoms. The Labute approximate surface area is 114 Å². The molecule has 0 amide bonds. The van der Waals surface area contributed by atoms with E-state index in [4.69, 9.17) is 5.73 Å². The number of Topliss-reactive ketones (excluding diaryl/α,β-unsaturated/α-hetero) is 2. The average molecular weight is 259 g/mol. The molecule has 0 saturated heterocycles. The Balaban J connectivity index is 3.25. The van der Waals surface area contributed by atoms with E-state index in [-0.39, 0.29) is 11.6 Å². The van der Waals surface area contributed by atoms with E-state index in [2.05, 4.69) is 0 Å². The number of hydrogen-bond donors (Lipinski definition) is 1. The largest absolute Gasteiger partial charge is 0.398 e. The smallest absolute Gasteiger partial charge is 0.163 e. The van der Waals surface area contributed by atoms with Crippen molar-refractivity contribution in [2.45, 2.75) is 40.0 Å². The molecule has 1 aromatic rings. The number of allylic oxidation sites excluding steroid dienone is 1. The van der Waals surface area contributed by atoms with Gasteiger partial charge in [0.15, 0.2) is 11.6 Å². The number of nitrogens with two attached hydrogens (primary N) is 1. The van der Waals surface area contributed by atoms with Gasteiger partial charge >= 0.3 is 0 Å². The number of hydrogen-bond acceptors (Lipinski definition) is 3. The molecule has 0 radical (unpaired) electrons. The van der Waals surface area contributed by atoms with Crippen LogP contribution in [0, 0.1) is 0 Å². The van der Waals surface area contributed by atoms with E-state index in [9.17, 15) is 9.59 Å². The van der Waals surface area contributed by atoms with Crippen molar-refractivity contribution in [1.82, 2.24) is 0 Å². The number of benzene rings is 1. The Morgan fingerprint density at radius 2 is 1.95 bits per heavy atom. The molecular formula is C16H21NO2. The van der Waals surface area contributed by atoms with Crippen LogP contribution in [-0.4, -0.2) is 11.6 Å². The second-order valence-corrected chi connectivity index (χ2v) is 4.59. The molecule has 0 aliphatic carbocycles. The lowest BCUT2D eigenvalue weighted by Crippen LogP contribution is -2.09. The maximum absolute atomic E-state index is 12.2. The van der Waals surface area contributed by atoms with Crippen molar-refractivity contribution >= 4 is 17.3 Å². The summed E-state index contributed by atoms with van der Waals surface area (Å²) in [5.74, 6) is -0.000101. The van der Waals surface area contributed by atoms with E-state index < -0.39 is 0 Å². The second-order valence-electron chi connectivity index (χ2n) is 4.59. The van der Waals surface area contributed by atoms with Gasteiger partial charge in [-0.2, -0.15) is 0 Å². The summed E-state index contributed by atoms with van der Waals surface area (Å²) < 4.78 is 0. The highest BCUT2D eigenvalue weighted by Gasteiger charge is 2.14. The fraction of sp³-hybridized carbons (Fsp3) is 0.375. The first-order chi connectivity index (χ1) is 9.01. The summed E-state index contributed by atoms with van der Waals surface area (Å²) in [6.07, 6.45) is 4.06. The van der Waals surface area contributed by atoms with E-state index >= 15 is 0 Å². The Morgan fingerprint density at radius 3 is 2.47 bits per heavy atom. The van der Waals surface area contributed by atoms with Crippen molar-refractivity contribution in [2.24, 2.45) is 5.73 Å². The van der Waals surface area contributed by atoms with Crippen LogP contribution >= 0.6 is 0 Å². The maximum atomic E-state index is 12.2. The zero-order chi connectivity index (χ0) is 14.4. The zero-order valence-electron chi connectivity index (χ0n) is 11.8. The van der Waals surface area contributed by atoms with E-state index in [0.29, 0.717) is 28.8 Å². The molecule has 0 aliphatic heterocycles. The van der Waals surface area contributed by atoms with E-state index in [1.165, 1.54) is 6.92 Å². The Bertz CT molecular complexity index is 515. The van der Waals surface area contributed by atoms with Crippen LogP contribution in [0.4, 0.5) is 0 Å². The van der Waals surface area contributed by atoms with Gasteiger partial charge in [-0.15, -0.1) is 0 Å². The molecule has 19 heavy (non-hydrogen) atoms. The molecule has 1 aromatic carbocycles. The Kier molecular flexibility index (Phi) is 5.49. The predicted octanol–water partition coefficient (Wildman–Crippen LogP) is 3.58. The van der Waals surface area contributed by atoms with Crippen LogP contribution in [0.25, 0.3) is 5.70 Å². The highest BCUT2D eigenvalue weighted by Crippen LogP contribution is 2.20. The number of carbonyl (C=O) groups is 2. The minimum absolute atomic E-state index is 0.0461. The van der Waals surface area contributed by atoms with Gasteiger partial charge in [-0.25, -0.2) is 0 Å². The van der Waals surface area contributed by atoms with Crippen LogP contribution in [0.2, 0.25) is 0 Å². The first kappa shape index (κ1) is 15.2. The van der Waals surface area contributed by atoms with Gasteiger partial charge in [0, 0.05) is 28.8 Å². The number of rotatable bonds is 6. The Hall–Kier alpha value is -1.90. The minimum atomic E-state index is -0.0462. The minimum Gasteiger partial charge on any atom is -0.398 e. The van der Waals surface area contributed by atoms with Crippen LogP contribution < -0.4 is 5.73 Å². The van der Waals surface area contributed by atoms with Gasteiger partial charge in [-0.3, -0.25) is 9.59 Å². The van der Waals surface area contributed by atoms with Crippen LogP contribution in [0.5, 0.6) is 0 Å². The van der Waals surface area contributed by atoms with Gasteiger partial charge in [0.2, 0.25) is 0 Å². The summed E-state index contributed by atoms with van der Waals surface area (Å²) >= 11 is 0. The molecule has 102 valence electrons. The number of unbranched alkanes of at least 4 members (excludes halogenated alkanes) is 1. The first-order valence-electron chi connectivity index (χ1n) is 6.61. The summed E-state index contributed by atoms with van der Waals surface area (Å²) in [6, 6.07) is 5.13. The van der Waals surface area contributed by atoms with Gasteiger partial charge in [0.1, 0.15) is 0 Å². The van der Waals surface area contributed by atoms with E-state index in [1.54, 1.807) is 24.3 Å². The highest BCUT2D eigenvalue weighted by molar-refractivity contribution is 6.03. The fourth-order valence-electron chi connectivity index (χ4n) is 1.87. The lowest BCUT2D eigenvalue weighted by Gasteiger charge is -2.10. The van der Waals surface area contributed by atoms with Gasteiger partial charge in [0.25, 0.3) is 0 Å².